The molecule has 1 aromatic carbocycles. The highest BCUT2D eigenvalue weighted by Gasteiger charge is 2.10. The molecule has 1 heterocycles. The van der Waals surface area contributed by atoms with Crippen LogP contribution in [0.4, 0.5) is 0 Å². The average molecular weight is 277 g/mol. The van der Waals surface area contributed by atoms with Gasteiger partial charge in [-0.1, -0.05) is 30.7 Å². The van der Waals surface area contributed by atoms with Gasteiger partial charge in [0.1, 0.15) is 5.15 Å². The fraction of sp³-hybridized carbons (Fsp3) is 0.214. The van der Waals surface area contributed by atoms with Gasteiger partial charge in [-0.2, -0.15) is 0 Å². The largest absolute Gasteiger partial charge is 0.259 e. The molecule has 0 aliphatic carbocycles. The second kappa shape index (κ2) is 5.36. The molecule has 5 heteroatoms. The van der Waals surface area contributed by atoms with E-state index in [-0.39, 0.29) is 10.9 Å². The Labute approximate surface area is 115 Å². The molecule has 0 bridgehead atoms. The van der Waals surface area contributed by atoms with Gasteiger partial charge in [0, 0.05) is 23.4 Å². The number of fused-ring (bicyclic) bond motifs is 1. The van der Waals surface area contributed by atoms with Crippen molar-refractivity contribution in [1.29, 1.82) is 0 Å². The Morgan fingerprint density at radius 2 is 2.21 bits per heavy atom. The lowest BCUT2D eigenvalue weighted by Gasteiger charge is -2.03. The van der Waals surface area contributed by atoms with E-state index in [4.69, 9.17) is 11.6 Å². The molecule has 0 unspecified atom stereocenters. The molecular formula is C14H13ClN2O2. The van der Waals surface area contributed by atoms with Crippen molar-refractivity contribution in [1.82, 2.24) is 4.98 Å². The van der Waals surface area contributed by atoms with E-state index in [0.717, 1.165) is 16.5 Å². The summed E-state index contributed by atoms with van der Waals surface area (Å²) < 4.78 is 0. The highest BCUT2D eigenvalue weighted by atomic mass is 35.5. The quantitative estimate of drug-likeness (QED) is 0.479. The normalized spacial score (nSPS) is 11.8. The number of benzene rings is 1. The first-order valence-electron chi connectivity index (χ1n) is 5.93. The molecule has 0 N–H and O–H groups in total. The molecule has 1 aromatic heterocycles. The third-order valence-electron chi connectivity index (χ3n) is 2.87. The first kappa shape index (κ1) is 13.5. The summed E-state index contributed by atoms with van der Waals surface area (Å²) in [7, 11) is 0. The molecule has 0 saturated carbocycles. The SMILES string of the molecule is CC/C(=C\c1cc2ccc(C)cc2nc1Cl)[N+](=O)[O-]. The van der Waals surface area contributed by atoms with E-state index in [2.05, 4.69) is 4.98 Å². The second-order valence-corrected chi connectivity index (χ2v) is 4.67. The van der Waals surface area contributed by atoms with E-state index in [1.807, 2.05) is 31.2 Å². The molecule has 0 aliphatic rings. The predicted octanol–water partition coefficient (Wildman–Crippen LogP) is 4.22. The average Bonchev–Trinajstić information content (AvgIpc) is 2.35. The highest BCUT2D eigenvalue weighted by molar-refractivity contribution is 6.31. The number of aryl methyl sites for hydroxylation is 1. The van der Waals surface area contributed by atoms with Gasteiger partial charge in [0.05, 0.1) is 10.4 Å². The zero-order chi connectivity index (χ0) is 14.0. The van der Waals surface area contributed by atoms with Gasteiger partial charge in [-0.05, 0) is 24.6 Å². The molecule has 4 nitrogen and oxygen atoms in total. The Kier molecular flexibility index (Phi) is 3.81. The minimum Gasteiger partial charge on any atom is -0.259 e. The molecule has 0 saturated heterocycles. The van der Waals surface area contributed by atoms with Crippen molar-refractivity contribution >= 4 is 28.6 Å². The topological polar surface area (TPSA) is 56.0 Å². The van der Waals surface area contributed by atoms with Crippen LogP contribution in [0.1, 0.15) is 24.5 Å². The standard InChI is InChI=1S/C14H13ClN2O2/c1-3-12(17(18)19)8-11-7-10-5-4-9(2)6-13(10)16-14(11)15/h4-8H,3H2,1-2H3/b12-8+. The van der Waals surface area contributed by atoms with Gasteiger partial charge in [-0.15, -0.1) is 0 Å². The lowest BCUT2D eigenvalue weighted by molar-refractivity contribution is -0.425. The summed E-state index contributed by atoms with van der Waals surface area (Å²) in [5, 5.41) is 12.0. The van der Waals surface area contributed by atoms with Crippen LogP contribution in [0, 0.1) is 17.0 Å². The molecule has 2 rings (SSSR count). The molecule has 0 fully saturated rings. The summed E-state index contributed by atoms with van der Waals surface area (Å²) in [6, 6.07) is 7.66. The van der Waals surface area contributed by atoms with Crippen molar-refractivity contribution < 1.29 is 4.92 Å². The number of rotatable bonds is 3. The maximum atomic E-state index is 10.8. The number of hydrogen-bond acceptors (Lipinski definition) is 3. The fourth-order valence-corrected chi connectivity index (χ4v) is 2.03. The zero-order valence-corrected chi connectivity index (χ0v) is 11.4. The fourth-order valence-electron chi connectivity index (χ4n) is 1.83. The smallest absolute Gasteiger partial charge is 0.246 e. The second-order valence-electron chi connectivity index (χ2n) is 4.31. The van der Waals surface area contributed by atoms with Crippen LogP contribution in [0.3, 0.4) is 0 Å². The molecule has 0 spiro atoms. The molecule has 0 radical (unpaired) electrons. The Balaban J connectivity index is 2.59. The van der Waals surface area contributed by atoms with E-state index in [1.165, 1.54) is 6.08 Å². The Morgan fingerprint density at radius 3 is 2.84 bits per heavy atom. The Morgan fingerprint density at radius 1 is 1.47 bits per heavy atom. The van der Waals surface area contributed by atoms with Crippen molar-refractivity contribution in [2.75, 3.05) is 0 Å². The third kappa shape index (κ3) is 2.90. The molecular weight excluding hydrogens is 264 g/mol. The van der Waals surface area contributed by atoms with Gasteiger partial charge >= 0.3 is 0 Å². The van der Waals surface area contributed by atoms with Crippen LogP contribution in [0.5, 0.6) is 0 Å². The zero-order valence-electron chi connectivity index (χ0n) is 10.7. The lowest BCUT2D eigenvalue weighted by Crippen LogP contribution is -1.97. The lowest BCUT2D eigenvalue weighted by atomic mass is 10.1. The molecule has 19 heavy (non-hydrogen) atoms. The van der Waals surface area contributed by atoms with Crippen molar-refractivity contribution in [2.24, 2.45) is 0 Å². The third-order valence-corrected chi connectivity index (χ3v) is 3.18. The molecule has 2 aromatic rings. The van der Waals surface area contributed by atoms with Crippen LogP contribution < -0.4 is 0 Å². The number of aromatic nitrogens is 1. The van der Waals surface area contributed by atoms with Gasteiger partial charge in [0.15, 0.2) is 0 Å². The van der Waals surface area contributed by atoms with Crippen LogP contribution in [-0.2, 0) is 0 Å². The van der Waals surface area contributed by atoms with Gasteiger partial charge < -0.3 is 0 Å². The van der Waals surface area contributed by atoms with E-state index < -0.39 is 4.92 Å². The summed E-state index contributed by atoms with van der Waals surface area (Å²) in [5.74, 6) is 0. The summed E-state index contributed by atoms with van der Waals surface area (Å²) in [5.41, 5.74) is 2.59. The highest BCUT2D eigenvalue weighted by Crippen LogP contribution is 2.24. The number of pyridine rings is 1. The van der Waals surface area contributed by atoms with E-state index >= 15 is 0 Å². The first-order valence-corrected chi connectivity index (χ1v) is 6.31. The van der Waals surface area contributed by atoms with E-state index in [0.29, 0.717) is 12.0 Å². The van der Waals surface area contributed by atoms with Crippen LogP contribution in [0.2, 0.25) is 5.15 Å². The van der Waals surface area contributed by atoms with Crippen molar-refractivity contribution in [3.63, 3.8) is 0 Å². The number of allylic oxidation sites excluding steroid dienone is 1. The van der Waals surface area contributed by atoms with Gasteiger partial charge in [-0.3, -0.25) is 10.1 Å². The van der Waals surface area contributed by atoms with Gasteiger partial charge in [0.2, 0.25) is 5.70 Å². The first-order chi connectivity index (χ1) is 9.01. The summed E-state index contributed by atoms with van der Waals surface area (Å²) in [4.78, 5) is 14.7. The number of halogens is 1. The Bertz CT molecular complexity index is 680. The van der Waals surface area contributed by atoms with Gasteiger partial charge in [0.25, 0.3) is 0 Å². The summed E-state index contributed by atoms with van der Waals surface area (Å²) in [6.45, 7) is 3.71. The summed E-state index contributed by atoms with van der Waals surface area (Å²) in [6.07, 6.45) is 1.82. The van der Waals surface area contributed by atoms with Crippen molar-refractivity contribution in [3.8, 4) is 0 Å². The van der Waals surface area contributed by atoms with Crippen molar-refractivity contribution in [2.45, 2.75) is 20.3 Å². The maximum Gasteiger partial charge on any atom is 0.246 e. The number of nitro groups is 1. The number of nitrogens with zero attached hydrogens (tertiary/aromatic N) is 2. The minimum atomic E-state index is -0.393. The molecule has 0 atom stereocenters. The van der Waals surface area contributed by atoms with Crippen LogP contribution >= 0.6 is 11.6 Å². The van der Waals surface area contributed by atoms with Crippen LogP contribution in [0.15, 0.2) is 30.0 Å². The maximum absolute atomic E-state index is 10.8. The van der Waals surface area contributed by atoms with Gasteiger partial charge in [-0.25, -0.2) is 4.98 Å². The van der Waals surface area contributed by atoms with E-state index in [9.17, 15) is 10.1 Å². The van der Waals surface area contributed by atoms with E-state index in [1.54, 1.807) is 6.92 Å². The molecule has 0 amide bonds. The van der Waals surface area contributed by atoms with Crippen LogP contribution in [0.25, 0.3) is 17.0 Å². The Hall–Kier alpha value is -1.94. The molecule has 98 valence electrons. The predicted molar refractivity (Wildman–Crippen MR) is 76.8 cm³/mol. The van der Waals surface area contributed by atoms with Crippen molar-refractivity contribution in [3.05, 3.63) is 56.4 Å². The monoisotopic (exact) mass is 276 g/mol. The minimum absolute atomic E-state index is 0.121. The number of hydrogen-bond donors (Lipinski definition) is 0. The van der Waals surface area contributed by atoms with Crippen LogP contribution in [-0.4, -0.2) is 9.91 Å². The molecule has 0 aliphatic heterocycles. The summed E-state index contributed by atoms with van der Waals surface area (Å²) >= 11 is 6.08.